The van der Waals surface area contributed by atoms with Gasteiger partial charge in [-0.25, -0.2) is 9.97 Å². The molecule has 1 aromatic rings. The quantitative estimate of drug-likeness (QED) is 0.805. The maximum Gasteiger partial charge on any atom is 0.303 e. The van der Waals surface area contributed by atoms with E-state index in [4.69, 9.17) is 28.3 Å². The largest absolute Gasteiger partial charge is 0.481 e. The number of amides is 1. The van der Waals surface area contributed by atoms with E-state index in [0.29, 0.717) is 0 Å². The van der Waals surface area contributed by atoms with E-state index < -0.39 is 11.9 Å². The molecule has 0 saturated carbocycles. The summed E-state index contributed by atoms with van der Waals surface area (Å²) in [6.07, 6.45) is 0.719. The Morgan fingerprint density at radius 1 is 1.31 bits per heavy atom. The predicted octanol–water partition coefficient (Wildman–Crippen LogP) is 1.59. The van der Waals surface area contributed by atoms with Gasteiger partial charge in [0, 0.05) is 6.42 Å². The maximum atomic E-state index is 11.2. The molecule has 0 aliphatic rings. The number of aromatic nitrogens is 2. The third-order valence-electron chi connectivity index (χ3n) is 1.57. The number of rotatable bonds is 4. The molecule has 8 heteroatoms. The van der Waals surface area contributed by atoms with Crippen LogP contribution in [0.5, 0.6) is 0 Å². The lowest BCUT2D eigenvalue weighted by atomic mass is 10.3. The van der Waals surface area contributed by atoms with E-state index in [0.717, 1.165) is 6.33 Å². The molecule has 6 nitrogen and oxygen atoms in total. The normalized spacial score (nSPS) is 9.88. The van der Waals surface area contributed by atoms with Gasteiger partial charge in [-0.05, 0) is 0 Å². The van der Waals surface area contributed by atoms with Gasteiger partial charge in [-0.15, -0.1) is 0 Å². The molecule has 16 heavy (non-hydrogen) atoms. The minimum Gasteiger partial charge on any atom is -0.481 e. The Morgan fingerprint density at radius 3 is 2.62 bits per heavy atom. The van der Waals surface area contributed by atoms with E-state index in [1.165, 1.54) is 0 Å². The fraction of sp³-hybridized carbons (Fsp3) is 0.250. The number of hydrogen-bond donors (Lipinski definition) is 2. The average molecular weight is 264 g/mol. The number of halogens is 2. The topological polar surface area (TPSA) is 92.2 Å². The molecule has 0 spiro atoms. The molecular formula is C8H7Cl2N3O3. The van der Waals surface area contributed by atoms with Crippen molar-refractivity contribution < 1.29 is 14.7 Å². The van der Waals surface area contributed by atoms with Crippen LogP contribution in [0.3, 0.4) is 0 Å². The molecule has 0 aliphatic heterocycles. The summed E-state index contributed by atoms with van der Waals surface area (Å²) < 4.78 is 0. The highest BCUT2D eigenvalue weighted by molar-refractivity contribution is 6.42. The van der Waals surface area contributed by atoms with Gasteiger partial charge in [-0.2, -0.15) is 0 Å². The van der Waals surface area contributed by atoms with Crippen molar-refractivity contribution in [1.82, 2.24) is 9.97 Å². The smallest absolute Gasteiger partial charge is 0.303 e. The molecule has 0 fully saturated rings. The molecule has 1 rings (SSSR count). The SMILES string of the molecule is O=C(O)CCC(=O)Nc1ncnc(Cl)c1Cl. The van der Waals surface area contributed by atoms with Crippen LogP contribution in [0.1, 0.15) is 12.8 Å². The zero-order valence-corrected chi connectivity index (χ0v) is 9.42. The van der Waals surface area contributed by atoms with E-state index in [-0.39, 0.29) is 28.8 Å². The number of carbonyl (C=O) groups excluding carboxylic acids is 1. The molecule has 0 bridgehead atoms. The van der Waals surface area contributed by atoms with Crippen LogP contribution in [0.25, 0.3) is 0 Å². The Morgan fingerprint density at radius 2 is 2.00 bits per heavy atom. The van der Waals surface area contributed by atoms with E-state index in [2.05, 4.69) is 15.3 Å². The first kappa shape index (κ1) is 12.7. The van der Waals surface area contributed by atoms with E-state index in [1.54, 1.807) is 0 Å². The Hall–Kier alpha value is -1.40. The Bertz CT molecular complexity index is 425. The lowest BCUT2D eigenvalue weighted by Crippen LogP contribution is -2.14. The number of hydrogen-bond acceptors (Lipinski definition) is 4. The first-order valence-corrected chi connectivity index (χ1v) is 4.94. The summed E-state index contributed by atoms with van der Waals surface area (Å²) >= 11 is 11.3. The van der Waals surface area contributed by atoms with Gasteiger partial charge in [0.2, 0.25) is 5.91 Å². The molecular weight excluding hydrogens is 257 g/mol. The van der Waals surface area contributed by atoms with Gasteiger partial charge in [-0.3, -0.25) is 9.59 Å². The molecule has 0 saturated heterocycles. The van der Waals surface area contributed by atoms with E-state index >= 15 is 0 Å². The second kappa shape index (κ2) is 5.62. The fourth-order valence-corrected chi connectivity index (χ4v) is 1.13. The van der Waals surface area contributed by atoms with E-state index in [1.807, 2.05) is 0 Å². The van der Waals surface area contributed by atoms with Crippen molar-refractivity contribution in [3.8, 4) is 0 Å². The summed E-state index contributed by atoms with van der Waals surface area (Å²) in [5, 5.41) is 10.8. The Labute approximate surface area is 101 Å². The molecule has 0 unspecified atom stereocenters. The highest BCUT2D eigenvalue weighted by atomic mass is 35.5. The van der Waals surface area contributed by atoms with Crippen LogP contribution >= 0.6 is 23.2 Å². The van der Waals surface area contributed by atoms with Crippen molar-refractivity contribution in [3.05, 3.63) is 16.5 Å². The molecule has 1 aromatic heterocycles. The van der Waals surface area contributed by atoms with Crippen LogP contribution in [0, 0.1) is 0 Å². The first-order chi connectivity index (χ1) is 7.50. The molecule has 0 aliphatic carbocycles. The number of anilines is 1. The minimum absolute atomic E-state index is 0.0187. The van der Waals surface area contributed by atoms with Crippen LogP contribution in [0.4, 0.5) is 5.82 Å². The van der Waals surface area contributed by atoms with Crippen molar-refractivity contribution in [1.29, 1.82) is 0 Å². The first-order valence-electron chi connectivity index (χ1n) is 4.18. The average Bonchev–Trinajstić information content (AvgIpc) is 2.22. The van der Waals surface area contributed by atoms with Crippen molar-refractivity contribution in [2.45, 2.75) is 12.8 Å². The van der Waals surface area contributed by atoms with Crippen molar-refractivity contribution in [2.24, 2.45) is 0 Å². The highest BCUT2D eigenvalue weighted by Gasteiger charge is 2.11. The number of nitrogens with zero attached hydrogens (tertiary/aromatic N) is 2. The van der Waals surface area contributed by atoms with Crippen LogP contribution in [0.15, 0.2) is 6.33 Å². The van der Waals surface area contributed by atoms with Gasteiger partial charge < -0.3 is 10.4 Å². The zero-order chi connectivity index (χ0) is 12.1. The molecule has 0 aromatic carbocycles. The third kappa shape index (κ3) is 3.63. The summed E-state index contributed by atoms with van der Waals surface area (Å²) in [6.45, 7) is 0. The second-order valence-electron chi connectivity index (χ2n) is 2.77. The molecule has 86 valence electrons. The van der Waals surface area contributed by atoms with Gasteiger partial charge >= 0.3 is 5.97 Å². The highest BCUT2D eigenvalue weighted by Crippen LogP contribution is 2.25. The predicted molar refractivity (Wildman–Crippen MR) is 57.6 cm³/mol. The maximum absolute atomic E-state index is 11.2. The van der Waals surface area contributed by atoms with Gasteiger partial charge in [0.05, 0.1) is 6.42 Å². The summed E-state index contributed by atoms with van der Waals surface area (Å²) in [6, 6.07) is 0. The van der Waals surface area contributed by atoms with Crippen molar-refractivity contribution in [2.75, 3.05) is 5.32 Å². The van der Waals surface area contributed by atoms with Crippen LogP contribution in [-0.2, 0) is 9.59 Å². The van der Waals surface area contributed by atoms with Crippen LogP contribution < -0.4 is 5.32 Å². The standard InChI is InChI=1S/C8H7Cl2N3O3/c9-6-7(10)11-3-12-8(6)13-4(14)1-2-5(15)16/h3H,1-2H2,(H,15,16)(H,11,12,13,14). The zero-order valence-electron chi connectivity index (χ0n) is 7.91. The minimum atomic E-state index is -1.05. The number of nitrogens with one attached hydrogen (secondary N) is 1. The molecule has 1 amide bonds. The Kier molecular flexibility index (Phi) is 4.45. The van der Waals surface area contributed by atoms with Gasteiger partial charge in [0.15, 0.2) is 11.0 Å². The number of aliphatic carboxylic acids is 1. The lowest BCUT2D eigenvalue weighted by Gasteiger charge is -2.05. The van der Waals surface area contributed by atoms with Crippen LogP contribution in [0.2, 0.25) is 10.2 Å². The molecule has 0 atom stereocenters. The summed E-state index contributed by atoms with van der Waals surface area (Å²) in [5.41, 5.74) is 0. The van der Waals surface area contributed by atoms with Gasteiger partial charge in [0.1, 0.15) is 11.3 Å². The van der Waals surface area contributed by atoms with Gasteiger partial charge in [-0.1, -0.05) is 23.2 Å². The molecule has 2 N–H and O–H groups in total. The third-order valence-corrected chi connectivity index (χ3v) is 2.31. The second-order valence-corrected chi connectivity index (χ2v) is 3.50. The fourth-order valence-electron chi connectivity index (χ4n) is 0.851. The summed E-state index contributed by atoms with van der Waals surface area (Å²) in [5.74, 6) is -1.49. The number of carboxylic acids is 1. The van der Waals surface area contributed by atoms with Gasteiger partial charge in [0.25, 0.3) is 0 Å². The molecule has 0 radical (unpaired) electrons. The van der Waals surface area contributed by atoms with Crippen molar-refractivity contribution in [3.63, 3.8) is 0 Å². The summed E-state index contributed by atoms with van der Waals surface area (Å²) in [7, 11) is 0. The number of carbonyl (C=O) groups is 2. The molecule has 1 heterocycles. The summed E-state index contributed by atoms with van der Waals surface area (Å²) in [4.78, 5) is 28.8. The van der Waals surface area contributed by atoms with E-state index in [9.17, 15) is 9.59 Å². The monoisotopic (exact) mass is 263 g/mol. The van der Waals surface area contributed by atoms with Crippen molar-refractivity contribution >= 4 is 40.9 Å². The van der Waals surface area contributed by atoms with Crippen LogP contribution in [-0.4, -0.2) is 27.0 Å². The lowest BCUT2D eigenvalue weighted by molar-refractivity contribution is -0.138. The Balaban J connectivity index is 2.63. The number of carboxylic acid groups (broad SMARTS) is 1.